The van der Waals surface area contributed by atoms with Crippen molar-refractivity contribution >= 4 is 12.0 Å². The second kappa shape index (κ2) is 10.00. The van der Waals surface area contributed by atoms with Gasteiger partial charge >= 0.3 is 0 Å². The zero-order chi connectivity index (χ0) is 21.5. The minimum atomic E-state index is -0.288. The largest absolute Gasteiger partial charge is 0.487 e. The molecular formula is C25H23FN2O3. The Hall–Kier alpha value is -3.51. The zero-order valence-electron chi connectivity index (χ0n) is 17.0. The van der Waals surface area contributed by atoms with Gasteiger partial charge in [0, 0.05) is 18.8 Å². The van der Waals surface area contributed by atoms with Crippen LogP contribution in [0, 0.1) is 5.82 Å². The van der Waals surface area contributed by atoms with E-state index in [9.17, 15) is 9.18 Å². The molecule has 2 heterocycles. The van der Waals surface area contributed by atoms with Crippen LogP contribution in [-0.4, -0.2) is 35.5 Å². The number of hydrogen-bond acceptors (Lipinski definition) is 4. The summed E-state index contributed by atoms with van der Waals surface area (Å²) in [5.74, 6) is 0.374. The number of aromatic nitrogens is 1. The Morgan fingerprint density at radius 3 is 2.68 bits per heavy atom. The first-order valence-corrected chi connectivity index (χ1v) is 10.1. The fraction of sp³-hybridized carbons (Fsp3) is 0.200. The van der Waals surface area contributed by atoms with Crippen molar-refractivity contribution in [3.05, 3.63) is 102 Å². The molecule has 1 aliphatic heterocycles. The van der Waals surface area contributed by atoms with E-state index < -0.39 is 0 Å². The fourth-order valence-corrected chi connectivity index (χ4v) is 3.32. The molecule has 2 aromatic carbocycles. The quantitative estimate of drug-likeness (QED) is 0.557. The molecule has 4 rings (SSSR count). The highest BCUT2D eigenvalue weighted by molar-refractivity contribution is 5.91. The van der Waals surface area contributed by atoms with Crippen LogP contribution in [-0.2, 0) is 16.1 Å². The summed E-state index contributed by atoms with van der Waals surface area (Å²) in [6.07, 6.45) is 4.84. The molecule has 1 saturated heterocycles. The molecule has 5 nitrogen and oxygen atoms in total. The lowest BCUT2D eigenvalue weighted by Gasteiger charge is -2.32. The number of carbonyl (C=O) groups is 1. The first-order chi connectivity index (χ1) is 15.2. The third-order valence-corrected chi connectivity index (χ3v) is 5.03. The van der Waals surface area contributed by atoms with Crippen molar-refractivity contribution in [1.29, 1.82) is 0 Å². The number of rotatable bonds is 6. The van der Waals surface area contributed by atoms with Crippen LogP contribution in [0.25, 0.3) is 6.08 Å². The predicted octanol–water partition coefficient (Wildman–Crippen LogP) is 4.41. The molecule has 31 heavy (non-hydrogen) atoms. The second-order valence-corrected chi connectivity index (χ2v) is 7.21. The Morgan fingerprint density at radius 1 is 1.13 bits per heavy atom. The van der Waals surface area contributed by atoms with E-state index in [-0.39, 0.29) is 17.8 Å². The van der Waals surface area contributed by atoms with Gasteiger partial charge in [-0.1, -0.05) is 30.3 Å². The Balaban J connectivity index is 1.31. The highest BCUT2D eigenvalue weighted by atomic mass is 19.1. The number of benzene rings is 2. The number of pyridine rings is 1. The lowest BCUT2D eigenvalue weighted by atomic mass is 10.1. The lowest BCUT2D eigenvalue weighted by molar-refractivity contribution is -0.133. The molecule has 0 N–H and O–H groups in total. The molecule has 1 aromatic heterocycles. The molecular weight excluding hydrogens is 395 g/mol. The molecule has 1 amide bonds. The van der Waals surface area contributed by atoms with Crippen molar-refractivity contribution in [3.8, 4) is 5.75 Å². The number of amides is 1. The van der Waals surface area contributed by atoms with Crippen molar-refractivity contribution in [1.82, 2.24) is 9.88 Å². The summed E-state index contributed by atoms with van der Waals surface area (Å²) >= 11 is 0. The highest BCUT2D eigenvalue weighted by Gasteiger charge is 2.24. The Kier molecular flexibility index (Phi) is 6.69. The summed E-state index contributed by atoms with van der Waals surface area (Å²) < 4.78 is 24.6. The molecule has 3 aromatic rings. The van der Waals surface area contributed by atoms with E-state index in [2.05, 4.69) is 4.98 Å². The Bertz CT molecular complexity index is 1020. The van der Waals surface area contributed by atoms with Crippen molar-refractivity contribution in [2.75, 3.05) is 19.7 Å². The van der Waals surface area contributed by atoms with Crippen molar-refractivity contribution in [2.45, 2.75) is 12.7 Å². The zero-order valence-corrected chi connectivity index (χ0v) is 17.0. The van der Waals surface area contributed by atoms with E-state index in [0.29, 0.717) is 26.3 Å². The van der Waals surface area contributed by atoms with Gasteiger partial charge in [-0.15, -0.1) is 0 Å². The maximum absolute atomic E-state index is 13.1. The number of nitrogens with zero attached hydrogens (tertiary/aromatic N) is 2. The van der Waals surface area contributed by atoms with Crippen LogP contribution in [0.2, 0.25) is 0 Å². The molecule has 6 heteroatoms. The third-order valence-electron chi connectivity index (χ3n) is 5.03. The first kappa shape index (κ1) is 20.8. The van der Waals surface area contributed by atoms with Gasteiger partial charge in [0.05, 0.1) is 18.8 Å². The molecule has 0 saturated carbocycles. The van der Waals surface area contributed by atoms with E-state index in [4.69, 9.17) is 9.47 Å². The number of carbonyl (C=O) groups excluding carboxylic acids is 1. The van der Waals surface area contributed by atoms with Gasteiger partial charge in [0.25, 0.3) is 0 Å². The van der Waals surface area contributed by atoms with Crippen LogP contribution < -0.4 is 4.74 Å². The number of hydrogen-bond donors (Lipinski definition) is 0. The van der Waals surface area contributed by atoms with E-state index in [0.717, 1.165) is 22.6 Å². The third kappa shape index (κ3) is 5.77. The van der Waals surface area contributed by atoms with E-state index in [1.54, 1.807) is 35.4 Å². The van der Waals surface area contributed by atoms with Crippen LogP contribution in [0.15, 0.2) is 79.0 Å². The number of ether oxygens (including phenoxy) is 2. The molecule has 1 fully saturated rings. The lowest BCUT2D eigenvalue weighted by Crippen LogP contribution is -2.41. The van der Waals surface area contributed by atoms with Crippen LogP contribution >= 0.6 is 0 Å². The van der Waals surface area contributed by atoms with E-state index >= 15 is 0 Å². The Morgan fingerprint density at radius 2 is 1.94 bits per heavy atom. The highest BCUT2D eigenvalue weighted by Crippen LogP contribution is 2.23. The van der Waals surface area contributed by atoms with Gasteiger partial charge in [0.15, 0.2) is 0 Å². The molecule has 0 unspecified atom stereocenters. The van der Waals surface area contributed by atoms with Gasteiger partial charge < -0.3 is 14.4 Å². The molecule has 0 spiro atoms. The number of morpholine rings is 1. The maximum Gasteiger partial charge on any atom is 0.246 e. The molecule has 0 radical (unpaired) electrons. The van der Waals surface area contributed by atoms with Crippen molar-refractivity contribution in [3.63, 3.8) is 0 Å². The predicted molar refractivity (Wildman–Crippen MR) is 116 cm³/mol. The van der Waals surface area contributed by atoms with Gasteiger partial charge in [-0.25, -0.2) is 4.39 Å². The fourth-order valence-electron chi connectivity index (χ4n) is 3.32. The average Bonchev–Trinajstić information content (AvgIpc) is 2.83. The van der Waals surface area contributed by atoms with Crippen molar-refractivity contribution in [2.24, 2.45) is 0 Å². The summed E-state index contributed by atoms with van der Waals surface area (Å²) in [4.78, 5) is 18.6. The molecule has 0 aliphatic carbocycles. The van der Waals surface area contributed by atoms with Crippen molar-refractivity contribution < 1.29 is 18.7 Å². The van der Waals surface area contributed by atoms with Gasteiger partial charge in [0.2, 0.25) is 5.91 Å². The average molecular weight is 418 g/mol. The summed E-state index contributed by atoms with van der Waals surface area (Å²) in [6, 6.07) is 19.4. The minimum Gasteiger partial charge on any atom is -0.487 e. The maximum atomic E-state index is 13.1. The molecule has 1 atom stereocenters. The van der Waals surface area contributed by atoms with Gasteiger partial charge in [-0.3, -0.25) is 9.78 Å². The number of halogens is 1. The first-order valence-electron chi connectivity index (χ1n) is 10.1. The van der Waals surface area contributed by atoms with Gasteiger partial charge in [-0.2, -0.15) is 0 Å². The topological polar surface area (TPSA) is 51.7 Å². The van der Waals surface area contributed by atoms with Crippen LogP contribution in [0.1, 0.15) is 22.9 Å². The SMILES string of the molecule is O=C(/C=C/c1ccc(OCc2ccccn2)cc1)N1CCO[C@@H](c2ccc(F)cc2)C1. The standard InChI is InChI=1S/C25H23FN2O3/c26-21-9-7-20(8-10-21)24-17-28(15-16-30-24)25(29)13-6-19-4-11-23(12-5-19)31-18-22-3-1-2-14-27-22/h1-14,24H,15-18H2/b13-6+/t24-/m1/s1. The second-order valence-electron chi connectivity index (χ2n) is 7.21. The Labute approximate surface area is 180 Å². The molecule has 1 aliphatic rings. The summed E-state index contributed by atoms with van der Waals surface area (Å²) in [6.45, 7) is 1.82. The van der Waals surface area contributed by atoms with Crippen LogP contribution in [0.4, 0.5) is 4.39 Å². The summed E-state index contributed by atoms with van der Waals surface area (Å²) in [5, 5.41) is 0. The van der Waals surface area contributed by atoms with Crippen LogP contribution in [0.3, 0.4) is 0 Å². The monoisotopic (exact) mass is 418 g/mol. The molecule has 158 valence electrons. The van der Waals surface area contributed by atoms with Gasteiger partial charge in [0.1, 0.15) is 24.3 Å². The van der Waals surface area contributed by atoms with E-state index in [1.165, 1.54) is 12.1 Å². The normalized spacial score (nSPS) is 16.4. The smallest absolute Gasteiger partial charge is 0.246 e. The summed E-state index contributed by atoms with van der Waals surface area (Å²) in [5.41, 5.74) is 2.63. The van der Waals surface area contributed by atoms with Gasteiger partial charge in [-0.05, 0) is 53.6 Å². The molecule has 0 bridgehead atoms. The minimum absolute atomic E-state index is 0.0779. The van der Waals surface area contributed by atoms with Crippen LogP contribution in [0.5, 0.6) is 5.75 Å². The summed E-state index contributed by atoms with van der Waals surface area (Å²) in [7, 11) is 0. The van der Waals surface area contributed by atoms with E-state index in [1.807, 2.05) is 42.5 Å².